The van der Waals surface area contributed by atoms with Crippen LogP contribution in [0.15, 0.2) is 5.38 Å². The number of hydrogen-bond donors (Lipinski definition) is 1. The van der Waals surface area contributed by atoms with Gasteiger partial charge in [-0.3, -0.25) is 4.90 Å². The largest absolute Gasteiger partial charge is 0.379 e. The van der Waals surface area contributed by atoms with Crippen molar-refractivity contribution in [2.75, 3.05) is 33.4 Å². The highest BCUT2D eigenvalue weighted by Gasteiger charge is 2.12. The van der Waals surface area contributed by atoms with E-state index >= 15 is 0 Å². The molecule has 0 atom stereocenters. The molecule has 1 aliphatic rings. The fourth-order valence-corrected chi connectivity index (χ4v) is 2.44. The van der Waals surface area contributed by atoms with Gasteiger partial charge in [0.1, 0.15) is 5.01 Å². The molecule has 0 aliphatic carbocycles. The second-order valence-corrected chi connectivity index (χ2v) is 4.59. The van der Waals surface area contributed by atoms with Gasteiger partial charge < -0.3 is 10.1 Å². The summed E-state index contributed by atoms with van der Waals surface area (Å²) in [5.74, 6) is 0. The van der Waals surface area contributed by atoms with Crippen molar-refractivity contribution in [1.82, 2.24) is 15.2 Å². The van der Waals surface area contributed by atoms with Crippen molar-refractivity contribution >= 4 is 11.3 Å². The first-order chi connectivity index (χ1) is 7.38. The molecule has 1 N–H and O–H groups in total. The third kappa shape index (κ3) is 3.24. The summed E-state index contributed by atoms with van der Waals surface area (Å²) in [4.78, 5) is 6.96. The lowest BCUT2D eigenvalue weighted by atomic mass is 10.3. The molecule has 0 amide bonds. The van der Waals surface area contributed by atoms with E-state index in [-0.39, 0.29) is 0 Å². The van der Waals surface area contributed by atoms with Gasteiger partial charge in [-0.2, -0.15) is 0 Å². The number of rotatable bonds is 4. The van der Waals surface area contributed by atoms with Gasteiger partial charge in [0.05, 0.1) is 18.9 Å². The van der Waals surface area contributed by atoms with Crippen LogP contribution in [0.2, 0.25) is 0 Å². The maximum Gasteiger partial charge on any atom is 0.107 e. The van der Waals surface area contributed by atoms with Crippen molar-refractivity contribution in [2.24, 2.45) is 0 Å². The van der Waals surface area contributed by atoms with Gasteiger partial charge in [0.25, 0.3) is 0 Å². The fraction of sp³-hybridized carbons (Fsp3) is 0.700. The number of thiazole rings is 1. The maximum absolute atomic E-state index is 5.31. The van der Waals surface area contributed by atoms with Gasteiger partial charge in [0.2, 0.25) is 0 Å². The van der Waals surface area contributed by atoms with Gasteiger partial charge in [0.15, 0.2) is 0 Å². The van der Waals surface area contributed by atoms with Crippen LogP contribution in [0.25, 0.3) is 0 Å². The minimum Gasteiger partial charge on any atom is -0.379 e. The monoisotopic (exact) mass is 227 g/mol. The Morgan fingerprint density at radius 1 is 1.53 bits per heavy atom. The lowest BCUT2D eigenvalue weighted by Crippen LogP contribution is -2.35. The van der Waals surface area contributed by atoms with E-state index in [0.29, 0.717) is 0 Å². The van der Waals surface area contributed by atoms with Crippen LogP contribution in [0.4, 0.5) is 0 Å². The Morgan fingerprint density at radius 3 is 3.07 bits per heavy atom. The zero-order valence-electron chi connectivity index (χ0n) is 9.03. The molecule has 4 nitrogen and oxygen atoms in total. The van der Waals surface area contributed by atoms with E-state index in [1.54, 1.807) is 11.3 Å². The second kappa shape index (κ2) is 5.55. The Bertz CT molecular complexity index is 297. The zero-order valence-corrected chi connectivity index (χ0v) is 9.85. The third-order valence-corrected chi connectivity index (χ3v) is 3.31. The summed E-state index contributed by atoms with van der Waals surface area (Å²) in [5, 5.41) is 6.44. The van der Waals surface area contributed by atoms with E-state index in [0.717, 1.165) is 39.4 Å². The summed E-state index contributed by atoms with van der Waals surface area (Å²) in [5.41, 5.74) is 1.19. The standard InChI is InChI=1S/C10H17N3OS/c1-11-6-10-12-9(8-15-10)7-13-2-4-14-5-3-13/h8,11H,2-7H2,1H3. The molecule has 2 heterocycles. The SMILES string of the molecule is CNCc1nc(CN2CCOCC2)cs1. The quantitative estimate of drug-likeness (QED) is 0.821. The maximum atomic E-state index is 5.31. The summed E-state index contributed by atoms with van der Waals surface area (Å²) in [7, 11) is 1.95. The average Bonchev–Trinajstić information content (AvgIpc) is 2.68. The molecular formula is C10H17N3OS. The van der Waals surface area contributed by atoms with Crippen molar-refractivity contribution in [2.45, 2.75) is 13.1 Å². The Kier molecular flexibility index (Phi) is 4.08. The minimum atomic E-state index is 0.855. The Hall–Kier alpha value is -0.490. The molecule has 0 spiro atoms. The lowest BCUT2D eigenvalue weighted by Gasteiger charge is -2.25. The Labute approximate surface area is 94.3 Å². The van der Waals surface area contributed by atoms with Gasteiger partial charge in [-0.15, -0.1) is 11.3 Å². The first-order valence-electron chi connectivity index (χ1n) is 5.26. The van der Waals surface area contributed by atoms with Crippen LogP contribution in [0, 0.1) is 0 Å². The third-order valence-electron chi connectivity index (χ3n) is 2.42. The van der Waals surface area contributed by atoms with Crippen molar-refractivity contribution in [3.8, 4) is 0 Å². The smallest absolute Gasteiger partial charge is 0.107 e. The van der Waals surface area contributed by atoms with E-state index in [2.05, 4.69) is 20.6 Å². The molecule has 2 rings (SSSR count). The van der Waals surface area contributed by atoms with Gasteiger partial charge in [-0.05, 0) is 7.05 Å². The molecule has 0 saturated carbocycles. The normalized spacial score (nSPS) is 18.2. The van der Waals surface area contributed by atoms with Crippen LogP contribution in [-0.4, -0.2) is 43.2 Å². The minimum absolute atomic E-state index is 0.855. The van der Waals surface area contributed by atoms with Crippen LogP contribution in [0.3, 0.4) is 0 Å². The molecule has 1 aliphatic heterocycles. The van der Waals surface area contributed by atoms with E-state index in [4.69, 9.17) is 4.74 Å². The van der Waals surface area contributed by atoms with Crippen LogP contribution in [0.5, 0.6) is 0 Å². The van der Waals surface area contributed by atoms with Gasteiger partial charge in [-0.25, -0.2) is 4.98 Å². The molecule has 5 heteroatoms. The predicted octanol–water partition coefficient (Wildman–Crippen LogP) is 0.695. The van der Waals surface area contributed by atoms with E-state index in [1.165, 1.54) is 10.7 Å². The topological polar surface area (TPSA) is 37.4 Å². The first-order valence-corrected chi connectivity index (χ1v) is 6.14. The molecule has 1 aromatic rings. The molecule has 0 unspecified atom stereocenters. The van der Waals surface area contributed by atoms with E-state index in [1.807, 2.05) is 7.05 Å². The molecular weight excluding hydrogens is 210 g/mol. The van der Waals surface area contributed by atoms with Gasteiger partial charge >= 0.3 is 0 Å². The van der Waals surface area contributed by atoms with Crippen molar-refractivity contribution in [3.63, 3.8) is 0 Å². The summed E-state index contributed by atoms with van der Waals surface area (Å²) in [6.07, 6.45) is 0. The molecule has 1 saturated heterocycles. The highest BCUT2D eigenvalue weighted by atomic mass is 32.1. The molecule has 1 fully saturated rings. The number of ether oxygens (including phenoxy) is 1. The van der Waals surface area contributed by atoms with Crippen LogP contribution < -0.4 is 5.32 Å². The summed E-state index contributed by atoms with van der Waals surface area (Å²) in [6, 6.07) is 0. The van der Waals surface area contributed by atoms with E-state index in [9.17, 15) is 0 Å². The van der Waals surface area contributed by atoms with Crippen molar-refractivity contribution < 1.29 is 4.74 Å². The summed E-state index contributed by atoms with van der Waals surface area (Å²) in [6.45, 7) is 5.59. The molecule has 15 heavy (non-hydrogen) atoms. The average molecular weight is 227 g/mol. The highest BCUT2D eigenvalue weighted by molar-refractivity contribution is 7.09. The van der Waals surface area contributed by atoms with Gasteiger partial charge in [-0.1, -0.05) is 0 Å². The highest BCUT2D eigenvalue weighted by Crippen LogP contribution is 2.12. The number of nitrogens with one attached hydrogen (secondary N) is 1. The van der Waals surface area contributed by atoms with Crippen LogP contribution in [-0.2, 0) is 17.8 Å². The zero-order chi connectivity index (χ0) is 10.5. The predicted molar refractivity (Wildman–Crippen MR) is 61.0 cm³/mol. The number of hydrogen-bond acceptors (Lipinski definition) is 5. The lowest BCUT2D eigenvalue weighted by molar-refractivity contribution is 0.0337. The second-order valence-electron chi connectivity index (χ2n) is 3.65. The fourth-order valence-electron chi connectivity index (χ4n) is 1.64. The number of morpholine rings is 1. The molecule has 0 bridgehead atoms. The number of nitrogens with zero attached hydrogens (tertiary/aromatic N) is 2. The molecule has 0 radical (unpaired) electrons. The Balaban J connectivity index is 1.86. The molecule has 0 aromatic carbocycles. The number of aromatic nitrogens is 1. The first kappa shape index (κ1) is 11.0. The van der Waals surface area contributed by atoms with Crippen LogP contribution in [0.1, 0.15) is 10.7 Å². The summed E-state index contributed by atoms with van der Waals surface area (Å²) >= 11 is 1.73. The van der Waals surface area contributed by atoms with Crippen molar-refractivity contribution in [1.29, 1.82) is 0 Å². The van der Waals surface area contributed by atoms with Crippen LogP contribution >= 0.6 is 11.3 Å². The van der Waals surface area contributed by atoms with Crippen molar-refractivity contribution in [3.05, 3.63) is 16.1 Å². The van der Waals surface area contributed by atoms with E-state index < -0.39 is 0 Å². The molecule has 84 valence electrons. The summed E-state index contributed by atoms with van der Waals surface area (Å²) < 4.78 is 5.31. The van der Waals surface area contributed by atoms with Gasteiger partial charge in [0, 0.05) is 31.6 Å². The Morgan fingerprint density at radius 2 is 2.33 bits per heavy atom. The molecule has 1 aromatic heterocycles.